The van der Waals surface area contributed by atoms with Crippen LogP contribution in [-0.4, -0.2) is 16.8 Å². The first-order chi connectivity index (χ1) is 17.7. The summed E-state index contributed by atoms with van der Waals surface area (Å²) in [5.74, 6) is -0.387. The van der Waals surface area contributed by atoms with Gasteiger partial charge in [0.1, 0.15) is 0 Å². The van der Waals surface area contributed by atoms with Crippen LogP contribution in [-0.2, 0) is 9.59 Å². The molecule has 0 radical (unpaired) electrons. The molecule has 2 atom stereocenters. The van der Waals surface area contributed by atoms with Gasteiger partial charge in [0.25, 0.3) is 0 Å². The molecular weight excluding hydrogens is 464 g/mol. The number of nitrogens with zero attached hydrogens (tertiary/aromatic N) is 2. The Morgan fingerprint density at radius 2 is 1.33 bits per heavy atom. The summed E-state index contributed by atoms with van der Waals surface area (Å²) in [4.78, 5) is 30.3. The van der Waals surface area contributed by atoms with E-state index in [1.54, 1.807) is 0 Å². The first-order valence-electron chi connectivity index (χ1n) is 12.1. The summed E-state index contributed by atoms with van der Waals surface area (Å²) < 4.78 is 0. The molecular formula is C31H22N2O2S. The van der Waals surface area contributed by atoms with Crippen LogP contribution in [0.1, 0.15) is 6.42 Å². The molecule has 4 nitrogen and oxygen atoms in total. The lowest BCUT2D eigenvalue weighted by atomic mass is 10.0. The molecule has 3 aromatic rings. The number of anilines is 5. The highest BCUT2D eigenvalue weighted by atomic mass is 32.2. The standard InChI is InChI=1S/C31H22N2O2S/c34-29-23-16-17-36-31(23)30(35)24(29)19-20-14-15-22(18-20)33-27-12-6-4-10-25(27)32(21-8-2-1-3-9-21)26-11-5-7-13-28(26)33/h1-17,19,23,31H,18H2/b24-19+. The van der Waals surface area contributed by atoms with Gasteiger partial charge in [0, 0.05) is 17.8 Å². The van der Waals surface area contributed by atoms with E-state index in [4.69, 9.17) is 0 Å². The predicted octanol–water partition coefficient (Wildman–Crippen LogP) is 7.15. The van der Waals surface area contributed by atoms with Crippen LogP contribution in [0.3, 0.4) is 0 Å². The van der Waals surface area contributed by atoms with Gasteiger partial charge in [-0.1, -0.05) is 54.6 Å². The smallest absolute Gasteiger partial charge is 0.180 e. The summed E-state index contributed by atoms with van der Waals surface area (Å²) in [7, 11) is 0. The van der Waals surface area contributed by atoms with Crippen LogP contribution in [0.4, 0.5) is 28.4 Å². The molecule has 2 unspecified atom stereocenters. The molecule has 174 valence electrons. The minimum absolute atomic E-state index is 0.0403. The van der Waals surface area contributed by atoms with Gasteiger partial charge in [0.2, 0.25) is 0 Å². The highest BCUT2D eigenvalue weighted by molar-refractivity contribution is 8.03. The van der Waals surface area contributed by atoms with Gasteiger partial charge in [-0.2, -0.15) is 0 Å². The summed E-state index contributed by atoms with van der Waals surface area (Å²) in [6.07, 6.45) is 8.48. The van der Waals surface area contributed by atoms with Gasteiger partial charge in [-0.3, -0.25) is 9.59 Å². The second-order valence-corrected chi connectivity index (χ2v) is 10.3. The summed E-state index contributed by atoms with van der Waals surface area (Å²) in [5.41, 5.74) is 7.95. The van der Waals surface area contributed by atoms with E-state index in [0.29, 0.717) is 12.0 Å². The molecule has 0 N–H and O–H groups in total. The quantitative estimate of drug-likeness (QED) is 0.291. The van der Waals surface area contributed by atoms with Gasteiger partial charge in [0.15, 0.2) is 11.6 Å². The molecule has 0 aromatic heterocycles. The van der Waals surface area contributed by atoms with Gasteiger partial charge in [0.05, 0.1) is 39.5 Å². The summed E-state index contributed by atoms with van der Waals surface area (Å²) >= 11 is 1.46. The fourth-order valence-electron chi connectivity index (χ4n) is 5.52. The maximum atomic E-state index is 12.9. The van der Waals surface area contributed by atoms with E-state index < -0.39 is 0 Å². The second-order valence-electron chi connectivity index (χ2n) is 9.26. The number of carbonyl (C=O) groups is 2. The first-order valence-corrected chi connectivity index (χ1v) is 13.0. The van der Waals surface area contributed by atoms with Crippen molar-refractivity contribution in [3.05, 3.63) is 125 Å². The van der Waals surface area contributed by atoms with E-state index in [0.717, 1.165) is 39.7 Å². The Morgan fingerprint density at radius 1 is 0.722 bits per heavy atom. The number of fused-ring (bicyclic) bond motifs is 3. The number of hydrogen-bond acceptors (Lipinski definition) is 5. The minimum Gasteiger partial charge on any atom is -0.310 e. The average molecular weight is 487 g/mol. The Morgan fingerprint density at radius 3 is 1.97 bits per heavy atom. The molecule has 0 saturated heterocycles. The lowest BCUT2D eigenvalue weighted by Gasteiger charge is -2.40. The zero-order valence-electron chi connectivity index (χ0n) is 19.4. The fraction of sp³-hybridized carbons (Fsp3) is 0.0968. The number of carbonyl (C=O) groups excluding carboxylic acids is 2. The SMILES string of the molecule is O=C1/C(=C\C2=CC=C(N3c4ccccc4N(c4ccccc4)c4ccccc43)C2)C(=O)C2SC=CC12. The molecule has 1 fully saturated rings. The summed E-state index contributed by atoms with van der Waals surface area (Å²) in [6, 6.07) is 27.3. The largest absolute Gasteiger partial charge is 0.310 e. The monoisotopic (exact) mass is 486 g/mol. The van der Waals surface area contributed by atoms with Gasteiger partial charge in [-0.15, -0.1) is 11.8 Å². The molecule has 4 aliphatic rings. The second kappa shape index (κ2) is 8.25. The number of Topliss-reactive ketones (excluding diaryl/α,β-unsaturated/α-hetero) is 2. The van der Waals surface area contributed by atoms with Crippen LogP contribution < -0.4 is 9.80 Å². The molecule has 3 aromatic carbocycles. The van der Waals surface area contributed by atoms with Gasteiger partial charge in [-0.05, 0) is 59.5 Å². The number of hydrogen-bond donors (Lipinski definition) is 0. The van der Waals surface area contributed by atoms with Crippen LogP contribution in [0.15, 0.2) is 125 Å². The Kier molecular flexibility index (Phi) is 4.86. The molecule has 2 aliphatic carbocycles. The van der Waals surface area contributed by atoms with E-state index in [1.807, 2.05) is 29.7 Å². The van der Waals surface area contributed by atoms with Crippen LogP contribution in [0, 0.1) is 5.92 Å². The van der Waals surface area contributed by atoms with Gasteiger partial charge in [-0.25, -0.2) is 0 Å². The highest BCUT2D eigenvalue weighted by Crippen LogP contribution is 2.53. The van der Waals surface area contributed by atoms with E-state index in [9.17, 15) is 9.59 Å². The third-order valence-electron chi connectivity index (χ3n) is 7.16. The number of ketones is 2. The molecule has 7 rings (SSSR count). The van der Waals surface area contributed by atoms with Crippen molar-refractivity contribution in [2.24, 2.45) is 5.92 Å². The highest BCUT2D eigenvalue weighted by Gasteiger charge is 2.46. The maximum absolute atomic E-state index is 12.9. The Labute approximate surface area is 213 Å². The molecule has 1 saturated carbocycles. The molecule has 5 heteroatoms. The zero-order chi connectivity index (χ0) is 24.2. The number of rotatable bonds is 3. The van der Waals surface area contributed by atoms with E-state index in [2.05, 4.69) is 88.7 Å². The number of para-hydroxylation sites is 5. The van der Waals surface area contributed by atoms with E-state index in [-0.39, 0.29) is 22.7 Å². The molecule has 2 aliphatic heterocycles. The van der Waals surface area contributed by atoms with Crippen LogP contribution in [0.5, 0.6) is 0 Å². The molecule has 0 spiro atoms. The molecule has 36 heavy (non-hydrogen) atoms. The minimum atomic E-state index is -0.298. The van der Waals surface area contributed by atoms with Crippen LogP contribution in [0.2, 0.25) is 0 Å². The molecule has 0 bridgehead atoms. The van der Waals surface area contributed by atoms with Crippen molar-refractivity contribution < 1.29 is 9.59 Å². The predicted molar refractivity (Wildman–Crippen MR) is 146 cm³/mol. The van der Waals surface area contributed by atoms with Gasteiger partial charge < -0.3 is 9.80 Å². The number of allylic oxidation sites excluding steroid dienone is 6. The first kappa shape index (κ1) is 21.2. The third kappa shape index (κ3) is 3.16. The van der Waals surface area contributed by atoms with E-state index in [1.165, 1.54) is 11.8 Å². The third-order valence-corrected chi connectivity index (χ3v) is 8.28. The Bertz CT molecular complexity index is 1500. The van der Waals surface area contributed by atoms with Crippen molar-refractivity contribution in [3.63, 3.8) is 0 Å². The number of thioether (sulfide) groups is 1. The maximum Gasteiger partial charge on any atom is 0.180 e. The topological polar surface area (TPSA) is 40.6 Å². The van der Waals surface area contributed by atoms with Crippen molar-refractivity contribution in [2.75, 3.05) is 9.80 Å². The van der Waals surface area contributed by atoms with Crippen molar-refractivity contribution in [1.29, 1.82) is 0 Å². The molecule has 2 heterocycles. The van der Waals surface area contributed by atoms with Crippen molar-refractivity contribution in [1.82, 2.24) is 0 Å². The lowest BCUT2D eigenvalue weighted by molar-refractivity contribution is -0.117. The Hall–Kier alpha value is -4.09. The van der Waals surface area contributed by atoms with Crippen LogP contribution in [0.25, 0.3) is 0 Å². The van der Waals surface area contributed by atoms with Crippen molar-refractivity contribution in [3.8, 4) is 0 Å². The summed E-state index contributed by atoms with van der Waals surface area (Å²) in [5, 5.41) is 1.60. The average Bonchev–Trinajstić information content (AvgIpc) is 3.64. The van der Waals surface area contributed by atoms with Gasteiger partial charge >= 0.3 is 0 Å². The Balaban J connectivity index is 1.26. The summed E-state index contributed by atoms with van der Waals surface area (Å²) in [6.45, 7) is 0. The lowest BCUT2D eigenvalue weighted by Crippen LogP contribution is -2.26. The normalized spacial score (nSPS) is 23.1. The fourth-order valence-corrected chi connectivity index (χ4v) is 6.59. The van der Waals surface area contributed by atoms with Crippen LogP contribution >= 0.6 is 11.8 Å². The van der Waals surface area contributed by atoms with Crippen molar-refractivity contribution in [2.45, 2.75) is 11.7 Å². The zero-order valence-corrected chi connectivity index (χ0v) is 20.2. The molecule has 0 amide bonds. The van der Waals surface area contributed by atoms with E-state index >= 15 is 0 Å². The van der Waals surface area contributed by atoms with Crippen molar-refractivity contribution >= 4 is 51.8 Å². The number of benzene rings is 3.